The molecule has 3 nitrogen and oxygen atoms in total. The van der Waals surface area contributed by atoms with Gasteiger partial charge in [0.25, 0.3) is 0 Å². The molecule has 0 aliphatic heterocycles. The Bertz CT molecular complexity index is 595. The van der Waals surface area contributed by atoms with Gasteiger partial charge in [-0.3, -0.25) is 0 Å². The molecule has 7 heteroatoms. The Morgan fingerprint density at radius 3 is 2.55 bits per heavy atom. The van der Waals surface area contributed by atoms with Crippen molar-refractivity contribution in [2.24, 2.45) is 0 Å². The van der Waals surface area contributed by atoms with E-state index in [1.807, 2.05) is 5.32 Å². The lowest BCUT2D eigenvalue weighted by atomic mass is 9.86. The maximum atomic E-state index is 13.2. The number of rotatable bonds is 4. The summed E-state index contributed by atoms with van der Waals surface area (Å²) in [6.45, 7) is -1.58. The van der Waals surface area contributed by atoms with Crippen molar-refractivity contribution in [1.29, 1.82) is 0 Å². The van der Waals surface area contributed by atoms with E-state index >= 15 is 0 Å². The average molecular weight is 291 g/mol. The third-order valence-corrected chi connectivity index (χ3v) is 3.25. The van der Waals surface area contributed by atoms with Crippen LogP contribution >= 0.6 is 0 Å². The predicted molar refractivity (Wildman–Crippen MR) is 65.0 cm³/mol. The molecule has 1 heterocycles. The van der Waals surface area contributed by atoms with E-state index in [2.05, 4.69) is 0 Å². The number of nitrogens with one attached hydrogen (secondary N) is 1. The van der Waals surface area contributed by atoms with Crippen molar-refractivity contribution in [3.05, 3.63) is 36.1 Å². The van der Waals surface area contributed by atoms with Crippen LogP contribution in [-0.4, -0.2) is 31.0 Å². The number of aliphatic hydroxyl groups is 1. The summed E-state index contributed by atoms with van der Waals surface area (Å²) in [7, 11) is 1.02. The van der Waals surface area contributed by atoms with Crippen molar-refractivity contribution in [3.8, 4) is 0 Å². The number of fused-ring (bicyclic) bond motifs is 1. The SMILES string of the molecule is CNC(C(F)(F)F)C(O)(CF)c1ccc2ccoc2c1. The Morgan fingerprint density at radius 1 is 1.30 bits per heavy atom. The Morgan fingerprint density at radius 2 is 2.00 bits per heavy atom. The van der Waals surface area contributed by atoms with Gasteiger partial charge >= 0.3 is 6.18 Å². The molecule has 0 saturated heterocycles. The largest absolute Gasteiger partial charge is 0.464 e. The topological polar surface area (TPSA) is 45.4 Å². The fourth-order valence-electron chi connectivity index (χ4n) is 2.22. The molecule has 0 saturated carbocycles. The molecule has 0 radical (unpaired) electrons. The molecule has 2 aromatic rings. The molecule has 2 N–H and O–H groups in total. The number of halogens is 4. The van der Waals surface area contributed by atoms with Crippen molar-refractivity contribution in [2.45, 2.75) is 17.8 Å². The minimum atomic E-state index is -4.80. The van der Waals surface area contributed by atoms with Gasteiger partial charge < -0.3 is 14.8 Å². The van der Waals surface area contributed by atoms with E-state index in [0.717, 1.165) is 7.05 Å². The molecule has 110 valence electrons. The van der Waals surface area contributed by atoms with Gasteiger partial charge in [-0.2, -0.15) is 13.2 Å². The first-order valence-electron chi connectivity index (χ1n) is 5.83. The zero-order valence-electron chi connectivity index (χ0n) is 10.5. The smallest absolute Gasteiger partial charge is 0.407 e. The van der Waals surface area contributed by atoms with E-state index in [1.165, 1.54) is 24.5 Å². The molecule has 20 heavy (non-hydrogen) atoms. The lowest BCUT2D eigenvalue weighted by Crippen LogP contribution is -2.57. The van der Waals surface area contributed by atoms with E-state index in [9.17, 15) is 22.7 Å². The maximum Gasteiger partial charge on any atom is 0.407 e. The van der Waals surface area contributed by atoms with Crippen LogP contribution in [0.1, 0.15) is 5.56 Å². The lowest BCUT2D eigenvalue weighted by Gasteiger charge is -2.35. The molecular formula is C13H13F4NO2. The molecule has 0 spiro atoms. The highest BCUT2D eigenvalue weighted by Crippen LogP contribution is 2.36. The molecule has 1 aromatic heterocycles. The van der Waals surface area contributed by atoms with Crippen LogP contribution in [0.2, 0.25) is 0 Å². The van der Waals surface area contributed by atoms with Crippen molar-refractivity contribution in [2.75, 3.05) is 13.7 Å². The Balaban J connectivity index is 2.53. The molecule has 1 aromatic carbocycles. The predicted octanol–water partition coefficient (Wildman–Crippen LogP) is 2.74. The van der Waals surface area contributed by atoms with Gasteiger partial charge in [0.2, 0.25) is 0 Å². The van der Waals surface area contributed by atoms with Gasteiger partial charge in [-0.25, -0.2) is 4.39 Å². The van der Waals surface area contributed by atoms with E-state index in [1.54, 1.807) is 6.07 Å². The zero-order chi connectivity index (χ0) is 15.0. The van der Waals surface area contributed by atoms with Gasteiger partial charge in [0.15, 0.2) is 0 Å². The zero-order valence-corrected chi connectivity index (χ0v) is 10.5. The van der Waals surface area contributed by atoms with Crippen LogP contribution in [0.5, 0.6) is 0 Å². The summed E-state index contributed by atoms with van der Waals surface area (Å²) in [5.74, 6) is 0. The highest BCUT2D eigenvalue weighted by molar-refractivity contribution is 5.77. The van der Waals surface area contributed by atoms with Gasteiger partial charge in [-0.05, 0) is 24.7 Å². The van der Waals surface area contributed by atoms with Gasteiger partial charge in [-0.15, -0.1) is 0 Å². The van der Waals surface area contributed by atoms with Gasteiger partial charge in [0, 0.05) is 5.39 Å². The Labute approximate surface area is 112 Å². The summed E-state index contributed by atoms with van der Waals surface area (Å²) in [5, 5.41) is 12.8. The number of hydrogen-bond donors (Lipinski definition) is 2. The second-order valence-corrected chi connectivity index (χ2v) is 4.49. The molecule has 0 aliphatic rings. The number of furan rings is 1. The third kappa shape index (κ3) is 2.38. The highest BCUT2D eigenvalue weighted by Gasteiger charge is 2.53. The highest BCUT2D eigenvalue weighted by atomic mass is 19.4. The van der Waals surface area contributed by atoms with Crippen LogP contribution in [0, 0.1) is 0 Å². The van der Waals surface area contributed by atoms with E-state index in [-0.39, 0.29) is 11.1 Å². The molecular weight excluding hydrogens is 278 g/mol. The summed E-state index contributed by atoms with van der Waals surface area (Å²) >= 11 is 0. The van der Waals surface area contributed by atoms with Crippen molar-refractivity contribution in [3.63, 3.8) is 0 Å². The molecule has 0 fully saturated rings. The number of alkyl halides is 4. The first-order valence-corrected chi connectivity index (χ1v) is 5.83. The quantitative estimate of drug-likeness (QED) is 0.851. The fraction of sp³-hybridized carbons (Fsp3) is 0.385. The summed E-state index contributed by atoms with van der Waals surface area (Å²) in [4.78, 5) is 0. The normalized spacial score (nSPS) is 17.1. The molecule has 2 unspecified atom stereocenters. The lowest BCUT2D eigenvalue weighted by molar-refractivity contribution is -0.207. The number of hydrogen-bond acceptors (Lipinski definition) is 3. The van der Waals surface area contributed by atoms with E-state index in [0.29, 0.717) is 5.39 Å². The van der Waals surface area contributed by atoms with Crippen molar-refractivity contribution in [1.82, 2.24) is 5.32 Å². The van der Waals surface area contributed by atoms with Gasteiger partial charge in [0.05, 0.1) is 6.26 Å². The third-order valence-electron chi connectivity index (χ3n) is 3.25. The fourth-order valence-corrected chi connectivity index (χ4v) is 2.22. The van der Waals surface area contributed by atoms with E-state index in [4.69, 9.17) is 4.42 Å². The molecule has 0 bridgehead atoms. The second-order valence-electron chi connectivity index (χ2n) is 4.49. The standard InChI is InChI=1S/C13H13F4NO2/c1-18-11(13(15,16)17)12(19,7-14)9-3-2-8-4-5-20-10(8)6-9/h2-6,11,18-19H,7H2,1H3. The monoisotopic (exact) mass is 291 g/mol. The van der Waals surface area contributed by atoms with Crippen LogP contribution in [-0.2, 0) is 5.60 Å². The van der Waals surface area contributed by atoms with Crippen molar-refractivity contribution < 1.29 is 27.1 Å². The summed E-state index contributed by atoms with van der Waals surface area (Å²) in [6.07, 6.45) is -3.43. The second kappa shape index (κ2) is 5.06. The maximum absolute atomic E-state index is 13.2. The molecule has 0 amide bonds. The van der Waals surface area contributed by atoms with E-state index < -0.39 is 24.5 Å². The summed E-state index contributed by atoms with van der Waals surface area (Å²) in [5.41, 5.74) is -2.63. The van der Waals surface area contributed by atoms with Crippen LogP contribution < -0.4 is 5.32 Å². The first kappa shape index (κ1) is 14.8. The van der Waals surface area contributed by atoms with Gasteiger partial charge in [0.1, 0.15) is 23.9 Å². The molecule has 2 atom stereocenters. The summed E-state index contributed by atoms with van der Waals surface area (Å²) < 4.78 is 57.1. The first-order chi connectivity index (χ1) is 9.32. The molecule has 2 rings (SSSR count). The van der Waals surface area contributed by atoms with Crippen LogP contribution in [0.15, 0.2) is 34.9 Å². The van der Waals surface area contributed by atoms with Gasteiger partial charge in [-0.1, -0.05) is 12.1 Å². The number of benzene rings is 1. The summed E-state index contributed by atoms with van der Waals surface area (Å²) in [6, 6.07) is 3.14. The van der Waals surface area contributed by atoms with Crippen LogP contribution in [0.25, 0.3) is 11.0 Å². The molecule has 0 aliphatic carbocycles. The number of likely N-dealkylation sites (N-methyl/N-ethyl adjacent to an activating group) is 1. The van der Waals surface area contributed by atoms with Crippen LogP contribution in [0.4, 0.5) is 17.6 Å². The average Bonchev–Trinajstić information content (AvgIpc) is 2.84. The van der Waals surface area contributed by atoms with Crippen LogP contribution in [0.3, 0.4) is 0 Å². The van der Waals surface area contributed by atoms with Crippen molar-refractivity contribution >= 4 is 11.0 Å². The minimum Gasteiger partial charge on any atom is -0.464 e. The Hall–Kier alpha value is -1.60. The minimum absolute atomic E-state index is 0.195. The Kier molecular flexibility index (Phi) is 3.75.